The molecule has 1 N–H and O–H groups in total. The first-order valence-electron chi connectivity index (χ1n) is 8.98. The third-order valence-electron chi connectivity index (χ3n) is 6.19. The predicted octanol–water partition coefficient (Wildman–Crippen LogP) is 1.61. The van der Waals surface area contributed by atoms with Crippen molar-refractivity contribution in [2.75, 3.05) is 26.2 Å². The highest BCUT2D eigenvalue weighted by Gasteiger charge is 2.59. The van der Waals surface area contributed by atoms with E-state index in [1.165, 1.54) is 23.1 Å². The van der Waals surface area contributed by atoms with Crippen LogP contribution in [0, 0.1) is 23.1 Å². The number of likely N-dealkylation sites (tertiary alicyclic amines) is 2. The number of benzene rings is 1. The highest BCUT2D eigenvalue weighted by molar-refractivity contribution is 5.95. The number of carbonyl (C=O) groups is 3. The number of nitrogens with zero attached hydrogens (tertiary/aromatic N) is 2. The van der Waals surface area contributed by atoms with Crippen LogP contribution in [-0.2, 0) is 9.59 Å². The van der Waals surface area contributed by atoms with Crippen molar-refractivity contribution >= 4 is 17.8 Å². The van der Waals surface area contributed by atoms with Crippen LogP contribution in [0.3, 0.4) is 0 Å². The number of carboxylic acids is 1. The van der Waals surface area contributed by atoms with Gasteiger partial charge in [0.15, 0.2) is 0 Å². The maximum Gasteiger partial charge on any atom is 0.313 e. The van der Waals surface area contributed by atoms with Crippen molar-refractivity contribution in [1.29, 1.82) is 0 Å². The van der Waals surface area contributed by atoms with Gasteiger partial charge >= 0.3 is 5.97 Å². The van der Waals surface area contributed by atoms with Gasteiger partial charge in [-0.3, -0.25) is 14.4 Å². The average molecular weight is 360 g/mol. The van der Waals surface area contributed by atoms with Crippen molar-refractivity contribution in [3.05, 3.63) is 35.6 Å². The lowest BCUT2D eigenvalue weighted by Gasteiger charge is -2.31. The topological polar surface area (TPSA) is 77.9 Å². The molecule has 7 heteroatoms. The van der Waals surface area contributed by atoms with Gasteiger partial charge in [-0.1, -0.05) is 18.6 Å². The van der Waals surface area contributed by atoms with Gasteiger partial charge in [-0.05, 0) is 25.0 Å². The number of hydrogen-bond donors (Lipinski definition) is 1. The summed E-state index contributed by atoms with van der Waals surface area (Å²) in [5, 5.41) is 9.86. The van der Waals surface area contributed by atoms with E-state index in [0.29, 0.717) is 6.54 Å². The minimum atomic E-state index is -1.15. The van der Waals surface area contributed by atoms with E-state index in [2.05, 4.69) is 0 Å². The fourth-order valence-corrected chi connectivity index (χ4v) is 4.41. The Bertz CT molecular complexity index is 779. The summed E-state index contributed by atoms with van der Waals surface area (Å²) in [4.78, 5) is 40.3. The standard InChI is InChI=1S/C19H21FN2O4/c20-15-7-2-1-6-14(15)17(24)22-9-13-8-21(16(23)12-4-3-5-12)10-19(13,11-22)18(25)26/h1-2,6-7,12-13H,3-5,8-11H2,(H,25,26)/t13-,19-/m0/s1. The van der Waals surface area contributed by atoms with Crippen LogP contribution in [0.5, 0.6) is 0 Å². The zero-order valence-corrected chi connectivity index (χ0v) is 14.4. The molecule has 2 saturated heterocycles. The average Bonchev–Trinajstić information content (AvgIpc) is 3.08. The summed E-state index contributed by atoms with van der Waals surface area (Å²) >= 11 is 0. The Labute approximate surface area is 150 Å². The Morgan fingerprint density at radius 2 is 1.73 bits per heavy atom. The van der Waals surface area contributed by atoms with Crippen molar-refractivity contribution in [2.45, 2.75) is 19.3 Å². The van der Waals surface area contributed by atoms with Crippen LogP contribution in [0.25, 0.3) is 0 Å². The molecule has 0 unspecified atom stereocenters. The molecule has 2 heterocycles. The van der Waals surface area contributed by atoms with Crippen molar-refractivity contribution in [2.24, 2.45) is 17.3 Å². The Kier molecular flexibility index (Phi) is 3.97. The second-order valence-corrected chi connectivity index (χ2v) is 7.67. The molecular formula is C19H21FN2O4. The summed E-state index contributed by atoms with van der Waals surface area (Å²) in [6, 6.07) is 5.72. The summed E-state index contributed by atoms with van der Waals surface area (Å²) in [6.07, 6.45) is 2.79. The van der Waals surface area contributed by atoms with Crippen LogP contribution < -0.4 is 0 Å². The van der Waals surface area contributed by atoms with Gasteiger partial charge in [0.25, 0.3) is 5.91 Å². The van der Waals surface area contributed by atoms with Crippen LogP contribution >= 0.6 is 0 Å². The first-order valence-corrected chi connectivity index (χ1v) is 8.98. The van der Waals surface area contributed by atoms with Crippen LogP contribution in [-0.4, -0.2) is 58.9 Å². The number of amides is 2. The molecule has 3 fully saturated rings. The van der Waals surface area contributed by atoms with E-state index >= 15 is 0 Å². The van der Waals surface area contributed by atoms with E-state index in [1.54, 1.807) is 11.0 Å². The van der Waals surface area contributed by atoms with Gasteiger partial charge in [-0.25, -0.2) is 4.39 Å². The number of carbonyl (C=O) groups excluding carboxylic acids is 2. The van der Waals surface area contributed by atoms with E-state index in [9.17, 15) is 23.9 Å². The molecule has 0 radical (unpaired) electrons. The molecule has 0 bridgehead atoms. The number of carboxylic acid groups (broad SMARTS) is 1. The van der Waals surface area contributed by atoms with Gasteiger partial charge in [-0.2, -0.15) is 0 Å². The summed E-state index contributed by atoms with van der Waals surface area (Å²) in [5.74, 6) is -2.35. The van der Waals surface area contributed by atoms with Crippen LogP contribution in [0.1, 0.15) is 29.6 Å². The predicted molar refractivity (Wildman–Crippen MR) is 89.8 cm³/mol. The Morgan fingerprint density at radius 1 is 1.08 bits per heavy atom. The summed E-state index contributed by atoms with van der Waals surface area (Å²) in [6.45, 7) is 0.717. The normalized spacial score (nSPS) is 28.0. The zero-order chi connectivity index (χ0) is 18.5. The number of fused-ring (bicyclic) bond motifs is 1. The zero-order valence-electron chi connectivity index (χ0n) is 14.4. The summed E-state index contributed by atoms with van der Waals surface area (Å²) in [5.41, 5.74) is -1.20. The van der Waals surface area contributed by atoms with Gasteiger partial charge < -0.3 is 14.9 Å². The van der Waals surface area contributed by atoms with Gasteiger partial charge in [-0.15, -0.1) is 0 Å². The van der Waals surface area contributed by atoms with E-state index in [4.69, 9.17) is 0 Å². The fourth-order valence-electron chi connectivity index (χ4n) is 4.41. The number of aliphatic carboxylic acids is 1. The molecule has 6 nitrogen and oxygen atoms in total. The summed E-state index contributed by atoms with van der Waals surface area (Å²) < 4.78 is 13.9. The summed E-state index contributed by atoms with van der Waals surface area (Å²) in [7, 11) is 0. The molecule has 0 spiro atoms. The Hall–Kier alpha value is -2.44. The van der Waals surface area contributed by atoms with Crippen molar-refractivity contribution in [3.8, 4) is 0 Å². The van der Waals surface area contributed by atoms with Crippen LogP contribution in [0.4, 0.5) is 4.39 Å². The maximum absolute atomic E-state index is 13.9. The molecule has 2 atom stereocenters. The highest BCUT2D eigenvalue weighted by atomic mass is 19.1. The fraction of sp³-hybridized carbons (Fsp3) is 0.526. The van der Waals surface area contributed by atoms with Crippen molar-refractivity contribution < 1.29 is 23.9 Å². The molecule has 2 aliphatic heterocycles. The van der Waals surface area contributed by atoms with E-state index in [-0.39, 0.29) is 42.9 Å². The van der Waals surface area contributed by atoms with Crippen LogP contribution in [0.2, 0.25) is 0 Å². The molecule has 1 aliphatic carbocycles. The first-order chi connectivity index (χ1) is 12.4. The van der Waals surface area contributed by atoms with Crippen LogP contribution in [0.15, 0.2) is 24.3 Å². The smallest absolute Gasteiger partial charge is 0.313 e. The first kappa shape index (κ1) is 17.0. The number of halogens is 1. The monoisotopic (exact) mass is 360 g/mol. The number of rotatable bonds is 3. The SMILES string of the molecule is O=C(c1ccccc1F)N1C[C@@H]2CN(C(=O)C3CCC3)C[C@]2(C(=O)O)C1. The maximum atomic E-state index is 13.9. The quantitative estimate of drug-likeness (QED) is 0.888. The van der Waals surface area contributed by atoms with E-state index in [1.807, 2.05) is 0 Å². The molecule has 26 heavy (non-hydrogen) atoms. The molecule has 0 aromatic heterocycles. The minimum Gasteiger partial charge on any atom is -0.481 e. The third-order valence-corrected chi connectivity index (χ3v) is 6.19. The van der Waals surface area contributed by atoms with Gasteiger partial charge in [0.2, 0.25) is 5.91 Å². The molecular weight excluding hydrogens is 339 g/mol. The third kappa shape index (κ3) is 2.48. The second-order valence-electron chi connectivity index (χ2n) is 7.67. The Balaban J connectivity index is 1.53. The molecule has 1 saturated carbocycles. The van der Waals surface area contributed by atoms with Crippen molar-refractivity contribution in [3.63, 3.8) is 0 Å². The lowest BCUT2D eigenvalue weighted by Crippen LogP contribution is -2.45. The van der Waals surface area contributed by atoms with Crippen molar-refractivity contribution in [1.82, 2.24) is 9.80 Å². The van der Waals surface area contributed by atoms with E-state index in [0.717, 1.165) is 19.3 Å². The largest absolute Gasteiger partial charge is 0.481 e. The van der Waals surface area contributed by atoms with Gasteiger partial charge in [0.1, 0.15) is 11.2 Å². The second kappa shape index (κ2) is 6.07. The number of hydrogen-bond acceptors (Lipinski definition) is 3. The lowest BCUT2D eigenvalue weighted by atomic mass is 9.81. The molecule has 4 rings (SSSR count). The minimum absolute atomic E-state index is 0.00855. The highest BCUT2D eigenvalue weighted by Crippen LogP contribution is 2.44. The molecule has 2 amide bonds. The van der Waals surface area contributed by atoms with E-state index < -0.39 is 23.1 Å². The molecule has 1 aromatic rings. The Morgan fingerprint density at radius 3 is 2.31 bits per heavy atom. The molecule has 138 valence electrons. The molecule has 1 aromatic carbocycles. The lowest BCUT2D eigenvalue weighted by molar-refractivity contribution is -0.149. The van der Waals surface area contributed by atoms with Gasteiger partial charge in [0.05, 0.1) is 5.56 Å². The van der Waals surface area contributed by atoms with Gasteiger partial charge in [0, 0.05) is 38.0 Å². The molecule has 3 aliphatic rings.